The van der Waals surface area contributed by atoms with E-state index in [0.717, 1.165) is 16.7 Å². The average molecular weight is 450 g/mol. The molecule has 33 heavy (non-hydrogen) atoms. The lowest BCUT2D eigenvalue weighted by atomic mass is 9.92. The number of morpholine rings is 1. The standard InChI is InChI=1S/C24H27N5O4/c1-17(21-27-28-23(33-21)26-22(25)29-10-12-30-13-11-29)18-6-5-9-20(16-18)24(31-14-15-32-24)19-7-3-2-4-8-19/h2-9,16-17H,10-15H2,1H3,(H2,25,26,28). The molecular weight excluding hydrogens is 422 g/mol. The first-order valence-electron chi connectivity index (χ1n) is 11.1. The van der Waals surface area contributed by atoms with Gasteiger partial charge in [0.1, 0.15) is 0 Å². The molecule has 0 radical (unpaired) electrons. The normalized spacial score (nSPS) is 19.5. The SMILES string of the molecule is CC(c1cccc(C2(c3ccccc3)OCCO2)c1)c1nnc(/N=C(\N)N2CCOCC2)o1. The van der Waals surface area contributed by atoms with Gasteiger partial charge in [-0.05, 0) is 18.6 Å². The Bertz CT molecular complexity index is 1100. The summed E-state index contributed by atoms with van der Waals surface area (Å²) >= 11 is 0. The van der Waals surface area contributed by atoms with E-state index in [1.807, 2.05) is 60.4 Å². The van der Waals surface area contributed by atoms with Crippen LogP contribution in [0.3, 0.4) is 0 Å². The fourth-order valence-corrected chi connectivity index (χ4v) is 4.13. The zero-order chi connectivity index (χ0) is 22.7. The van der Waals surface area contributed by atoms with E-state index in [1.165, 1.54) is 0 Å². The van der Waals surface area contributed by atoms with Gasteiger partial charge in [0.25, 0.3) is 0 Å². The third kappa shape index (κ3) is 4.35. The van der Waals surface area contributed by atoms with Crippen molar-refractivity contribution in [1.29, 1.82) is 0 Å². The van der Waals surface area contributed by atoms with Crippen molar-refractivity contribution >= 4 is 12.0 Å². The molecule has 1 atom stereocenters. The molecule has 2 fully saturated rings. The number of aromatic nitrogens is 2. The molecule has 0 bridgehead atoms. The summed E-state index contributed by atoms with van der Waals surface area (Å²) in [5.41, 5.74) is 8.98. The van der Waals surface area contributed by atoms with Gasteiger partial charge in [-0.15, -0.1) is 5.10 Å². The van der Waals surface area contributed by atoms with Gasteiger partial charge < -0.3 is 29.3 Å². The molecule has 2 aromatic carbocycles. The van der Waals surface area contributed by atoms with E-state index in [9.17, 15) is 0 Å². The molecule has 0 saturated carbocycles. The fourth-order valence-electron chi connectivity index (χ4n) is 4.13. The fraction of sp³-hybridized carbons (Fsp3) is 0.375. The van der Waals surface area contributed by atoms with Crippen molar-refractivity contribution in [2.45, 2.75) is 18.6 Å². The van der Waals surface area contributed by atoms with Crippen molar-refractivity contribution in [3.63, 3.8) is 0 Å². The van der Waals surface area contributed by atoms with E-state index < -0.39 is 5.79 Å². The summed E-state index contributed by atoms with van der Waals surface area (Å²) in [6, 6.07) is 18.2. The first-order chi connectivity index (χ1) is 16.2. The van der Waals surface area contributed by atoms with E-state index >= 15 is 0 Å². The highest BCUT2D eigenvalue weighted by Gasteiger charge is 2.40. The summed E-state index contributed by atoms with van der Waals surface area (Å²) < 4.78 is 23.5. The van der Waals surface area contributed by atoms with E-state index in [2.05, 4.69) is 21.3 Å². The van der Waals surface area contributed by atoms with Gasteiger partial charge in [-0.1, -0.05) is 53.6 Å². The van der Waals surface area contributed by atoms with Crippen molar-refractivity contribution in [3.05, 3.63) is 77.2 Å². The minimum absolute atomic E-state index is 0.139. The summed E-state index contributed by atoms with van der Waals surface area (Å²) in [6.07, 6.45) is 0. The maximum Gasteiger partial charge on any atom is 0.345 e. The molecule has 2 aliphatic heterocycles. The topological polar surface area (TPSA) is 108 Å². The zero-order valence-corrected chi connectivity index (χ0v) is 18.5. The summed E-state index contributed by atoms with van der Waals surface area (Å²) in [6.45, 7) is 5.69. The Balaban J connectivity index is 1.39. The molecule has 0 spiro atoms. The predicted molar refractivity (Wildman–Crippen MR) is 121 cm³/mol. The molecule has 1 unspecified atom stereocenters. The number of guanidine groups is 1. The minimum Gasteiger partial charge on any atom is -0.406 e. The molecule has 3 heterocycles. The Morgan fingerprint density at radius 2 is 1.70 bits per heavy atom. The molecule has 5 rings (SSSR count). The molecule has 2 aliphatic rings. The molecule has 9 nitrogen and oxygen atoms in total. The van der Waals surface area contributed by atoms with Gasteiger partial charge in [0.15, 0.2) is 0 Å². The molecule has 0 amide bonds. The van der Waals surface area contributed by atoms with Crippen LogP contribution in [0.2, 0.25) is 0 Å². The summed E-state index contributed by atoms with van der Waals surface area (Å²) in [5, 5.41) is 8.28. The van der Waals surface area contributed by atoms with Crippen molar-refractivity contribution < 1.29 is 18.6 Å². The molecule has 2 saturated heterocycles. The summed E-state index contributed by atoms with van der Waals surface area (Å²) in [5.74, 6) is -0.264. The Morgan fingerprint density at radius 1 is 0.970 bits per heavy atom. The van der Waals surface area contributed by atoms with Gasteiger partial charge in [0.2, 0.25) is 17.6 Å². The van der Waals surface area contributed by atoms with Crippen LogP contribution >= 0.6 is 0 Å². The van der Waals surface area contributed by atoms with Crippen molar-refractivity contribution in [2.24, 2.45) is 10.7 Å². The lowest BCUT2D eigenvalue weighted by Crippen LogP contribution is -2.44. The second-order valence-corrected chi connectivity index (χ2v) is 8.02. The van der Waals surface area contributed by atoms with Crippen molar-refractivity contribution in [2.75, 3.05) is 39.5 Å². The Morgan fingerprint density at radius 3 is 2.45 bits per heavy atom. The minimum atomic E-state index is -0.923. The first-order valence-corrected chi connectivity index (χ1v) is 11.1. The maximum absolute atomic E-state index is 6.14. The second kappa shape index (κ2) is 9.30. The van der Waals surface area contributed by atoms with Crippen LogP contribution in [0.4, 0.5) is 6.01 Å². The van der Waals surface area contributed by atoms with E-state index in [1.54, 1.807) is 0 Å². The monoisotopic (exact) mass is 449 g/mol. The Kier molecular flexibility index (Phi) is 6.08. The van der Waals surface area contributed by atoms with E-state index in [0.29, 0.717) is 51.4 Å². The molecule has 3 aromatic rings. The third-order valence-corrected chi connectivity index (χ3v) is 5.96. The van der Waals surface area contributed by atoms with Gasteiger partial charge in [-0.3, -0.25) is 0 Å². The van der Waals surface area contributed by atoms with Gasteiger partial charge in [0.05, 0.1) is 32.3 Å². The van der Waals surface area contributed by atoms with Gasteiger partial charge >= 0.3 is 6.01 Å². The molecule has 2 N–H and O–H groups in total. The molecule has 172 valence electrons. The zero-order valence-electron chi connectivity index (χ0n) is 18.5. The summed E-state index contributed by atoms with van der Waals surface area (Å²) in [7, 11) is 0. The molecule has 1 aromatic heterocycles. The van der Waals surface area contributed by atoms with Crippen LogP contribution in [0.5, 0.6) is 0 Å². The number of hydrogen-bond donors (Lipinski definition) is 1. The summed E-state index contributed by atoms with van der Waals surface area (Å²) in [4.78, 5) is 6.23. The lowest BCUT2D eigenvalue weighted by molar-refractivity contribution is -0.129. The number of nitrogens with zero attached hydrogens (tertiary/aromatic N) is 4. The van der Waals surface area contributed by atoms with Crippen LogP contribution < -0.4 is 5.73 Å². The Hall–Kier alpha value is -3.27. The third-order valence-electron chi connectivity index (χ3n) is 5.96. The van der Waals surface area contributed by atoms with Crippen LogP contribution in [0.15, 0.2) is 64.0 Å². The second-order valence-electron chi connectivity index (χ2n) is 8.02. The van der Waals surface area contributed by atoms with E-state index in [-0.39, 0.29) is 11.9 Å². The van der Waals surface area contributed by atoms with E-state index in [4.69, 9.17) is 24.4 Å². The largest absolute Gasteiger partial charge is 0.406 e. The highest BCUT2D eigenvalue weighted by atomic mass is 16.7. The number of nitrogens with two attached hydrogens (primary N) is 1. The molecule has 9 heteroatoms. The number of ether oxygens (including phenoxy) is 3. The van der Waals surface area contributed by atoms with Crippen LogP contribution in [0.25, 0.3) is 0 Å². The van der Waals surface area contributed by atoms with Crippen LogP contribution in [-0.2, 0) is 20.0 Å². The van der Waals surface area contributed by atoms with Gasteiger partial charge in [-0.25, -0.2) is 0 Å². The van der Waals surface area contributed by atoms with Gasteiger partial charge in [0, 0.05) is 24.2 Å². The Labute approximate surface area is 192 Å². The number of aliphatic imine (C=N–C) groups is 1. The number of benzene rings is 2. The quantitative estimate of drug-likeness (QED) is 0.468. The smallest absolute Gasteiger partial charge is 0.345 e. The predicted octanol–water partition coefficient (Wildman–Crippen LogP) is 2.75. The number of rotatable bonds is 5. The van der Waals surface area contributed by atoms with Crippen LogP contribution in [-0.4, -0.2) is 60.6 Å². The van der Waals surface area contributed by atoms with Gasteiger partial charge in [-0.2, -0.15) is 4.99 Å². The highest BCUT2D eigenvalue weighted by Crippen LogP contribution is 2.39. The van der Waals surface area contributed by atoms with Crippen molar-refractivity contribution in [1.82, 2.24) is 15.1 Å². The first kappa shape index (κ1) is 21.6. The highest BCUT2D eigenvalue weighted by molar-refractivity contribution is 5.80. The van der Waals surface area contributed by atoms with Crippen LogP contribution in [0.1, 0.15) is 35.4 Å². The maximum atomic E-state index is 6.14. The average Bonchev–Trinajstić information content (AvgIpc) is 3.56. The van der Waals surface area contributed by atoms with Crippen LogP contribution in [0, 0.1) is 0 Å². The van der Waals surface area contributed by atoms with Crippen molar-refractivity contribution in [3.8, 4) is 0 Å². The molecular formula is C24H27N5O4. The number of hydrogen-bond acceptors (Lipinski definition) is 7. The molecule has 0 aliphatic carbocycles. The lowest BCUT2D eigenvalue weighted by Gasteiger charge is -2.29.